The summed E-state index contributed by atoms with van der Waals surface area (Å²) in [6, 6.07) is 10.6. The van der Waals surface area contributed by atoms with E-state index >= 15 is 0 Å². The van der Waals surface area contributed by atoms with Gasteiger partial charge < -0.3 is 15.0 Å². The number of hydrogen-bond donors (Lipinski definition) is 2. The van der Waals surface area contributed by atoms with E-state index in [-0.39, 0.29) is 17.9 Å². The van der Waals surface area contributed by atoms with Crippen LogP contribution in [0, 0.1) is 5.92 Å². The zero-order chi connectivity index (χ0) is 15.2. The highest BCUT2D eigenvalue weighted by atomic mass is 16.5. The zero-order valence-electron chi connectivity index (χ0n) is 13.2. The van der Waals surface area contributed by atoms with E-state index in [1.165, 1.54) is 5.56 Å². The predicted molar refractivity (Wildman–Crippen MR) is 85.6 cm³/mol. The molecule has 2 saturated heterocycles. The molecule has 1 amide bonds. The summed E-state index contributed by atoms with van der Waals surface area (Å²) in [5.41, 5.74) is 1.39. The molecule has 2 aliphatic heterocycles. The molecule has 2 aliphatic rings. The zero-order valence-corrected chi connectivity index (χ0v) is 13.2. The van der Waals surface area contributed by atoms with Crippen molar-refractivity contribution >= 4 is 5.91 Å². The van der Waals surface area contributed by atoms with Gasteiger partial charge in [0, 0.05) is 37.5 Å². The van der Waals surface area contributed by atoms with Crippen LogP contribution < -0.4 is 10.2 Å². The molecule has 2 N–H and O–H groups in total. The molecule has 22 heavy (non-hydrogen) atoms. The summed E-state index contributed by atoms with van der Waals surface area (Å²) in [7, 11) is 0. The number of hydrogen-bond acceptors (Lipinski definition) is 2. The highest BCUT2D eigenvalue weighted by Gasteiger charge is 2.28. The summed E-state index contributed by atoms with van der Waals surface area (Å²) in [5.74, 6) is 0.426. The van der Waals surface area contributed by atoms with Crippen LogP contribution in [0.4, 0.5) is 0 Å². The highest BCUT2D eigenvalue weighted by Crippen LogP contribution is 2.13. The Morgan fingerprint density at radius 2 is 1.95 bits per heavy atom. The van der Waals surface area contributed by atoms with Crippen molar-refractivity contribution in [2.45, 2.75) is 38.3 Å². The minimum Gasteiger partial charge on any atom is -0.376 e. The van der Waals surface area contributed by atoms with E-state index in [1.54, 1.807) is 4.90 Å². The number of likely N-dealkylation sites (tertiary alicyclic amines) is 1. The second-order valence-corrected chi connectivity index (χ2v) is 6.57. The van der Waals surface area contributed by atoms with Crippen LogP contribution in [0.3, 0.4) is 0 Å². The van der Waals surface area contributed by atoms with Crippen LogP contribution in [0.15, 0.2) is 30.3 Å². The van der Waals surface area contributed by atoms with Crippen molar-refractivity contribution in [3.05, 3.63) is 35.9 Å². The Bertz CT molecular complexity index is 463. The molecule has 0 unspecified atom stereocenters. The predicted octanol–water partition coefficient (Wildman–Crippen LogP) is 0.777. The standard InChI is InChI=1S/C18H26N2O2/c21-18(19-13-17-7-4-12-22-17)16-8-10-20(11-9-16)14-15-5-2-1-3-6-15/h1-3,5-6,16-17H,4,7-14H2,(H,19,21)/p+1/t17-/m1/s1. The van der Waals surface area contributed by atoms with Crippen LogP contribution in [0.5, 0.6) is 0 Å². The monoisotopic (exact) mass is 303 g/mol. The lowest BCUT2D eigenvalue weighted by Gasteiger charge is -2.29. The van der Waals surface area contributed by atoms with Crippen LogP contribution in [0.1, 0.15) is 31.2 Å². The molecule has 0 aliphatic carbocycles. The first-order valence-corrected chi connectivity index (χ1v) is 8.58. The largest absolute Gasteiger partial charge is 0.376 e. The Hall–Kier alpha value is -1.39. The molecule has 0 aromatic heterocycles. The molecule has 4 nitrogen and oxygen atoms in total. The summed E-state index contributed by atoms with van der Waals surface area (Å²) < 4.78 is 5.56. The Morgan fingerprint density at radius 1 is 1.18 bits per heavy atom. The van der Waals surface area contributed by atoms with E-state index in [9.17, 15) is 4.79 Å². The maximum Gasteiger partial charge on any atom is 0.223 e. The molecule has 2 heterocycles. The SMILES string of the molecule is O=C(NC[C@H]1CCCO1)C1CC[NH+](Cc2ccccc2)CC1. The normalized spacial score (nSPS) is 28.5. The third-order valence-corrected chi connectivity index (χ3v) is 4.89. The van der Waals surface area contributed by atoms with Gasteiger partial charge >= 0.3 is 0 Å². The van der Waals surface area contributed by atoms with Crippen molar-refractivity contribution in [1.29, 1.82) is 0 Å². The molecular formula is C18H27N2O2+. The smallest absolute Gasteiger partial charge is 0.223 e. The maximum absolute atomic E-state index is 12.2. The molecule has 0 spiro atoms. The number of benzene rings is 1. The van der Waals surface area contributed by atoms with Gasteiger partial charge in [0.25, 0.3) is 0 Å². The average molecular weight is 303 g/mol. The first kappa shape index (κ1) is 15.5. The number of carbonyl (C=O) groups excluding carboxylic acids is 1. The minimum atomic E-state index is 0.195. The van der Waals surface area contributed by atoms with Crippen LogP contribution in [0.25, 0.3) is 0 Å². The quantitative estimate of drug-likeness (QED) is 0.844. The summed E-state index contributed by atoms with van der Waals surface area (Å²) in [6.45, 7) is 4.79. The molecule has 2 fully saturated rings. The third kappa shape index (κ3) is 4.31. The van der Waals surface area contributed by atoms with Crippen molar-refractivity contribution in [1.82, 2.24) is 5.32 Å². The number of ether oxygens (including phenoxy) is 1. The van der Waals surface area contributed by atoms with Gasteiger partial charge in [-0.2, -0.15) is 0 Å². The minimum absolute atomic E-state index is 0.195. The molecule has 120 valence electrons. The number of piperidine rings is 1. The lowest BCUT2D eigenvalue weighted by molar-refractivity contribution is -0.919. The van der Waals surface area contributed by atoms with E-state index < -0.39 is 0 Å². The van der Waals surface area contributed by atoms with Crippen molar-refractivity contribution in [2.24, 2.45) is 5.92 Å². The number of nitrogens with one attached hydrogen (secondary N) is 2. The Morgan fingerprint density at radius 3 is 2.64 bits per heavy atom. The maximum atomic E-state index is 12.2. The van der Waals surface area contributed by atoms with E-state index in [0.29, 0.717) is 6.54 Å². The second-order valence-electron chi connectivity index (χ2n) is 6.57. The molecule has 1 aromatic carbocycles. The van der Waals surface area contributed by atoms with Crippen LogP contribution in [-0.4, -0.2) is 38.3 Å². The summed E-state index contributed by atoms with van der Waals surface area (Å²) in [6.07, 6.45) is 4.45. The van der Waals surface area contributed by atoms with Crippen molar-refractivity contribution < 1.29 is 14.4 Å². The van der Waals surface area contributed by atoms with Crippen LogP contribution in [0.2, 0.25) is 0 Å². The molecule has 0 saturated carbocycles. The van der Waals surface area contributed by atoms with E-state index in [1.807, 2.05) is 0 Å². The lowest BCUT2D eigenvalue weighted by atomic mass is 9.95. The third-order valence-electron chi connectivity index (χ3n) is 4.89. The molecule has 1 atom stereocenters. The number of amides is 1. The van der Waals surface area contributed by atoms with E-state index in [4.69, 9.17) is 4.74 Å². The Labute approximate surface area is 132 Å². The van der Waals surface area contributed by atoms with Gasteiger partial charge in [0.2, 0.25) is 5.91 Å². The van der Waals surface area contributed by atoms with Gasteiger partial charge in [-0.3, -0.25) is 4.79 Å². The average Bonchev–Trinajstić information content (AvgIpc) is 3.08. The topological polar surface area (TPSA) is 42.8 Å². The summed E-state index contributed by atoms with van der Waals surface area (Å²) >= 11 is 0. The number of carbonyl (C=O) groups is 1. The van der Waals surface area contributed by atoms with Crippen LogP contribution in [-0.2, 0) is 16.1 Å². The fourth-order valence-corrected chi connectivity index (χ4v) is 3.51. The van der Waals surface area contributed by atoms with Crippen LogP contribution >= 0.6 is 0 Å². The van der Waals surface area contributed by atoms with Gasteiger partial charge in [-0.1, -0.05) is 30.3 Å². The van der Waals surface area contributed by atoms with Crippen molar-refractivity contribution in [3.63, 3.8) is 0 Å². The second kappa shape index (κ2) is 7.75. The summed E-state index contributed by atoms with van der Waals surface area (Å²) in [5, 5.41) is 3.09. The Kier molecular flexibility index (Phi) is 5.46. The van der Waals surface area contributed by atoms with Crippen molar-refractivity contribution in [2.75, 3.05) is 26.2 Å². The first-order valence-electron chi connectivity index (χ1n) is 8.58. The van der Waals surface area contributed by atoms with E-state index in [0.717, 1.165) is 51.9 Å². The number of quaternary nitrogens is 1. The highest BCUT2D eigenvalue weighted by molar-refractivity contribution is 5.78. The first-order chi connectivity index (χ1) is 10.8. The van der Waals surface area contributed by atoms with Gasteiger partial charge in [0.15, 0.2) is 0 Å². The summed E-state index contributed by atoms with van der Waals surface area (Å²) in [4.78, 5) is 13.8. The number of rotatable bonds is 5. The molecule has 0 radical (unpaired) electrons. The van der Waals surface area contributed by atoms with Gasteiger partial charge in [0.05, 0.1) is 19.2 Å². The fourth-order valence-electron chi connectivity index (χ4n) is 3.51. The van der Waals surface area contributed by atoms with Gasteiger partial charge in [-0.25, -0.2) is 0 Å². The molecule has 1 aromatic rings. The Balaban J connectivity index is 1.38. The fraction of sp³-hybridized carbons (Fsp3) is 0.611. The lowest BCUT2D eigenvalue weighted by Crippen LogP contribution is -3.11. The van der Waals surface area contributed by atoms with Gasteiger partial charge in [0.1, 0.15) is 6.54 Å². The van der Waals surface area contributed by atoms with Gasteiger partial charge in [-0.05, 0) is 12.8 Å². The van der Waals surface area contributed by atoms with Crippen molar-refractivity contribution in [3.8, 4) is 0 Å². The van der Waals surface area contributed by atoms with E-state index in [2.05, 4.69) is 35.6 Å². The van der Waals surface area contributed by atoms with Gasteiger partial charge in [-0.15, -0.1) is 0 Å². The molecule has 0 bridgehead atoms. The molecule has 4 heteroatoms. The molecule has 3 rings (SSSR count). The molecular weight excluding hydrogens is 276 g/mol.